The maximum atomic E-state index is 5.67. The third-order valence-electron chi connectivity index (χ3n) is 29.2. The van der Waals surface area contributed by atoms with E-state index in [-0.39, 0.29) is 21.7 Å². The molecule has 4 aromatic heterocycles. The highest BCUT2D eigenvalue weighted by atomic mass is 15.1. The molecule has 0 atom stereocenters. The monoisotopic (exact) mass is 1660 g/mol. The van der Waals surface area contributed by atoms with E-state index in [0.717, 1.165) is 134 Å². The quantitative estimate of drug-likeness (QED) is 0.128. The second-order valence-corrected chi connectivity index (χ2v) is 37.9. The summed E-state index contributed by atoms with van der Waals surface area (Å²) in [5.74, 6) is 1.84. The molecule has 0 saturated heterocycles. The molecule has 26 rings (SSSR count). The van der Waals surface area contributed by atoms with Crippen LogP contribution < -0.4 is 0 Å². The first-order valence-electron chi connectivity index (χ1n) is 45.5. The standard InChI is InChI=1S/2C62H45N3/c1-61(2)52-25-15-13-22-44(52)46-30-27-39(33-54(46)61)49-36-51-50(40-29-32-58-57(35-40)64-60(38-17-7-5-8-18-38)65(58)42-19-9-6-10-20-42)37-56(63-59(51)48-24-12-11-21-43(48)49)41-28-31-47-45-23-14-16-26-53(45)62(3,4)55(47)34-41;1-61(2)52-22-12-10-19-44(52)46-32-28-40(34-54(46)61)49-36-51-50(38-26-30-42(31-27-38)65-58-25-15-14-24-56(58)64-60(65)39-16-6-5-7-17-39)37-57(63-59(51)48-21-9-8-18-43(48)49)41-29-33-47-45-20-11-13-23-53(45)62(3,4)55(47)35-41/h2*5-37H,1-4H3. The van der Waals surface area contributed by atoms with E-state index in [1.807, 2.05) is 0 Å². The maximum Gasteiger partial charge on any atom is 0.145 e. The van der Waals surface area contributed by atoms with Crippen LogP contribution >= 0.6 is 0 Å². The van der Waals surface area contributed by atoms with Crippen molar-refractivity contribution in [3.8, 4) is 146 Å². The van der Waals surface area contributed by atoms with Crippen LogP contribution in [0.25, 0.3) is 211 Å². The molecule has 18 aromatic carbocycles. The number of hydrogen-bond donors (Lipinski definition) is 0. The molecule has 0 spiro atoms. The van der Waals surface area contributed by atoms with Gasteiger partial charge in [0.25, 0.3) is 0 Å². The summed E-state index contributed by atoms with van der Waals surface area (Å²) in [5, 5.41) is 6.92. The molecule has 22 aromatic rings. The van der Waals surface area contributed by atoms with Crippen molar-refractivity contribution >= 4 is 65.4 Å². The van der Waals surface area contributed by atoms with E-state index in [4.69, 9.17) is 19.9 Å². The summed E-state index contributed by atoms with van der Waals surface area (Å²) >= 11 is 0. The first kappa shape index (κ1) is 76.7. The molecule has 0 saturated carbocycles. The van der Waals surface area contributed by atoms with Gasteiger partial charge in [-0.2, -0.15) is 0 Å². The Morgan fingerprint density at radius 3 is 0.915 bits per heavy atom. The van der Waals surface area contributed by atoms with E-state index in [1.165, 1.54) is 122 Å². The second-order valence-electron chi connectivity index (χ2n) is 37.9. The van der Waals surface area contributed by atoms with Crippen LogP contribution in [0.2, 0.25) is 0 Å². The normalized spacial score (nSPS) is 14.1. The number of imidazole rings is 2. The van der Waals surface area contributed by atoms with E-state index < -0.39 is 0 Å². The Kier molecular flexibility index (Phi) is 17.0. The molecule has 0 bridgehead atoms. The Morgan fingerprint density at radius 1 is 0.177 bits per heavy atom. The van der Waals surface area contributed by atoms with Gasteiger partial charge in [0.1, 0.15) is 11.6 Å². The molecule has 4 aliphatic carbocycles. The summed E-state index contributed by atoms with van der Waals surface area (Å²) in [5.41, 5.74) is 44.9. The smallest absolute Gasteiger partial charge is 0.145 e. The van der Waals surface area contributed by atoms with Crippen LogP contribution in [-0.4, -0.2) is 29.1 Å². The van der Waals surface area contributed by atoms with Gasteiger partial charge in [0.15, 0.2) is 0 Å². The second kappa shape index (κ2) is 28.9. The molecule has 4 heterocycles. The van der Waals surface area contributed by atoms with E-state index in [9.17, 15) is 0 Å². The van der Waals surface area contributed by atoms with Crippen molar-refractivity contribution in [1.29, 1.82) is 0 Å². The number of benzene rings is 18. The largest absolute Gasteiger partial charge is 0.292 e. The summed E-state index contributed by atoms with van der Waals surface area (Å²) in [6.07, 6.45) is 0. The number of rotatable bonds is 10. The molecule has 0 aliphatic heterocycles. The van der Waals surface area contributed by atoms with Crippen molar-refractivity contribution in [2.45, 2.75) is 77.0 Å². The predicted molar refractivity (Wildman–Crippen MR) is 541 cm³/mol. The third kappa shape index (κ3) is 11.7. The summed E-state index contributed by atoms with van der Waals surface area (Å²) in [6, 6.07) is 147. The van der Waals surface area contributed by atoms with Crippen molar-refractivity contribution in [3.63, 3.8) is 0 Å². The van der Waals surface area contributed by atoms with Crippen molar-refractivity contribution in [2.24, 2.45) is 0 Å². The lowest BCUT2D eigenvalue weighted by Crippen LogP contribution is -2.15. The van der Waals surface area contributed by atoms with Crippen molar-refractivity contribution in [1.82, 2.24) is 29.1 Å². The first-order valence-corrected chi connectivity index (χ1v) is 45.5. The van der Waals surface area contributed by atoms with Gasteiger partial charge in [-0.1, -0.05) is 359 Å². The van der Waals surface area contributed by atoms with Gasteiger partial charge in [0, 0.05) is 76.8 Å². The Hall–Kier alpha value is -15.8. The molecular formula is C124H90N6. The zero-order valence-electron chi connectivity index (χ0n) is 73.8. The van der Waals surface area contributed by atoms with Gasteiger partial charge in [0.2, 0.25) is 0 Å². The zero-order valence-corrected chi connectivity index (χ0v) is 73.8. The lowest BCUT2D eigenvalue weighted by atomic mass is 9.81. The lowest BCUT2D eigenvalue weighted by Gasteiger charge is -2.22. The van der Waals surface area contributed by atoms with E-state index in [1.54, 1.807) is 0 Å². The Labute approximate surface area is 756 Å². The van der Waals surface area contributed by atoms with Crippen LogP contribution in [0.5, 0.6) is 0 Å². The van der Waals surface area contributed by atoms with Gasteiger partial charge >= 0.3 is 0 Å². The van der Waals surface area contributed by atoms with E-state index in [0.29, 0.717) is 0 Å². The minimum atomic E-state index is -0.131. The van der Waals surface area contributed by atoms with Crippen LogP contribution in [0.4, 0.5) is 0 Å². The molecular weight excluding hydrogens is 1570 g/mol. The molecule has 6 nitrogen and oxygen atoms in total. The highest BCUT2D eigenvalue weighted by molar-refractivity contribution is 6.18. The Balaban J connectivity index is 0.000000140. The number of nitrogens with zero attached hydrogens (tertiary/aromatic N) is 6. The van der Waals surface area contributed by atoms with Gasteiger partial charge in [-0.15, -0.1) is 0 Å². The van der Waals surface area contributed by atoms with Crippen LogP contribution in [0, 0.1) is 0 Å². The molecule has 0 unspecified atom stereocenters. The number of hydrogen-bond acceptors (Lipinski definition) is 4. The predicted octanol–water partition coefficient (Wildman–Crippen LogP) is 32.0. The summed E-state index contributed by atoms with van der Waals surface area (Å²) in [7, 11) is 0. The average Bonchev–Trinajstić information content (AvgIpc) is 1.53. The molecule has 6 heteroatoms. The van der Waals surface area contributed by atoms with Crippen molar-refractivity contribution in [3.05, 3.63) is 445 Å². The van der Waals surface area contributed by atoms with Gasteiger partial charge < -0.3 is 0 Å². The Bertz CT molecular complexity index is 8510. The fourth-order valence-corrected chi connectivity index (χ4v) is 22.6. The van der Waals surface area contributed by atoms with Crippen molar-refractivity contribution in [2.75, 3.05) is 0 Å². The van der Waals surface area contributed by atoms with Crippen LogP contribution in [-0.2, 0) is 21.7 Å². The minimum absolute atomic E-state index is 0.106. The van der Waals surface area contributed by atoms with E-state index in [2.05, 4.69) is 465 Å². The first-order chi connectivity index (χ1) is 63.5. The Morgan fingerprint density at radius 2 is 0.477 bits per heavy atom. The highest BCUT2D eigenvalue weighted by Gasteiger charge is 2.40. The van der Waals surface area contributed by atoms with Crippen LogP contribution in [0.1, 0.15) is 99.9 Å². The van der Waals surface area contributed by atoms with Crippen LogP contribution in [0.15, 0.2) is 400 Å². The van der Waals surface area contributed by atoms with Crippen LogP contribution in [0.3, 0.4) is 0 Å². The maximum absolute atomic E-state index is 5.67. The summed E-state index contributed by atoms with van der Waals surface area (Å²) in [4.78, 5) is 21.9. The molecule has 0 radical (unpaired) electrons. The van der Waals surface area contributed by atoms with Gasteiger partial charge in [-0.25, -0.2) is 19.9 Å². The zero-order chi connectivity index (χ0) is 87.2. The number of pyridine rings is 2. The number of aromatic nitrogens is 6. The number of para-hydroxylation sites is 3. The molecule has 4 aliphatic rings. The highest BCUT2D eigenvalue weighted by Crippen LogP contribution is 2.56. The summed E-state index contributed by atoms with van der Waals surface area (Å²) in [6.45, 7) is 18.8. The average molecular weight is 1660 g/mol. The summed E-state index contributed by atoms with van der Waals surface area (Å²) < 4.78 is 4.57. The molecule has 0 fully saturated rings. The minimum Gasteiger partial charge on any atom is -0.292 e. The fourth-order valence-electron chi connectivity index (χ4n) is 22.6. The topological polar surface area (TPSA) is 61.4 Å². The van der Waals surface area contributed by atoms with Gasteiger partial charge in [-0.3, -0.25) is 9.13 Å². The molecule has 0 N–H and O–H groups in total. The fraction of sp³-hybridized carbons (Fsp3) is 0.0968. The molecule has 130 heavy (non-hydrogen) atoms. The third-order valence-corrected chi connectivity index (χ3v) is 29.2. The molecule has 616 valence electrons. The lowest BCUT2D eigenvalue weighted by molar-refractivity contribution is 0.660. The van der Waals surface area contributed by atoms with E-state index >= 15 is 0 Å². The van der Waals surface area contributed by atoms with Crippen molar-refractivity contribution < 1.29 is 0 Å². The number of fused-ring (bicyclic) bond motifs is 20. The van der Waals surface area contributed by atoms with Gasteiger partial charge in [0.05, 0.1) is 44.5 Å². The SMILES string of the molecule is CC1(C)c2ccccc2-c2ccc(-c3cc(-c4ccc(-n5c(-c6ccccc6)nc6ccccc65)cc4)c4cc(-c5ccc6c(c5)C(C)(C)c5ccccc5-6)c5ccccc5c4n3)cc21.CC1(C)c2ccccc2-c2ccc(-c3cc(-c4ccc5c(c4)nc(-c4ccccc4)n5-c4ccccc4)c4cc(-c5ccc6c(c5)C(C)(C)c5ccccc5-6)c5ccccc5c4n3)cc21. The molecule has 0 amide bonds. The van der Waals surface area contributed by atoms with Gasteiger partial charge in [-0.05, 0) is 241 Å².